The van der Waals surface area contributed by atoms with Crippen LogP contribution in [-0.2, 0) is 35.3 Å². The lowest BCUT2D eigenvalue weighted by molar-refractivity contribution is -0.160. The molecular formula is C22H24N10O7S3. The molecule has 1 fully saturated rings. The summed E-state index contributed by atoms with van der Waals surface area (Å²) in [6, 6.07) is -1.08. The van der Waals surface area contributed by atoms with Crippen molar-refractivity contribution in [3.8, 4) is 12.3 Å². The second-order valence-corrected chi connectivity index (χ2v) is 12.3. The first kappa shape index (κ1) is 30.7. The highest BCUT2D eigenvalue weighted by atomic mass is 32.2. The van der Waals surface area contributed by atoms with E-state index in [-0.39, 0.29) is 34.7 Å². The molecule has 4 N–H and O–H groups in total. The van der Waals surface area contributed by atoms with Gasteiger partial charge in [-0.1, -0.05) is 22.8 Å². The zero-order valence-electron chi connectivity index (χ0n) is 22.3. The lowest BCUT2D eigenvalue weighted by Gasteiger charge is -2.49. The molecule has 2 aliphatic heterocycles. The molecule has 0 aliphatic carbocycles. The number of aliphatic carboxylic acids is 1. The molecule has 2 aromatic rings. The maximum atomic E-state index is 13.2. The number of hydrogen-bond donors (Lipinski definition) is 3. The molecule has 2 amide bonds. The van der Waals surface area contributed by atoms with Crippen molar-refractivity contribution in [3.63, 3.8) is 0 Å². The van der Waals surface area contributed by atoms with E-state index in [4.69, 9.17) is 21.7 Å². The highest BCUT2D eigenvalue weighted by Crippen LogP contribution is 2.41. The van der Waals surface area contributed by atoms with Crippen LogP contribution in [0.2, 0.25) is 0 Å². The summed E-state index contributed by atoms with van der Waals surface area (Å²) in [5.74, 6) is -0.860. The van der Waals surface area contributed by atoms with Gasteiger partial charge in [0, 0.05) is 23.0 Å². The number of anilines is 1. The van der Waals surface area contributed by atoms with E-state index >= 15 is 0 Å². The summed E-state index contributed by atoms with van der Waals surface area (Å²) in [6.07, 6.45) is 5.32. The van der Waals surface area contributed by atoms with Gasteiger partial charge in [-0.3, -0.25) is 14.5 Å². The number of nitrogens with two attached hydrogens (primary N) is 1. The molecule has 2 atom stereocenters. The van der Waals surface area contributed by atoms with Crippen molar-refractivity contribution >= 4 is 69.7 Å². The Labute approximate surface area is 250 Å². The summed E-state index contributed by atoms with van der Waals surface area (Å²) < 4.78 is 10.5. The molecule has 0 bridgehead atoms. The number of thioether (sulfide) groups is 2. The largest absolute Gasteiger partial charge is 0.477 e. The molecule has 0 aromatic carbocycles. The van der Waals surface area contributed by atoms with Crippen molar-refractivity contribution in [2.45, 2.75) is 49.5 Å². The fourth-order valence-electron chi connectivity index (χ4n) is 3.68. The van der Waals surface area contributed by atoms with Crippen molar-refractivity contribution in [1.82, 2.24) is 39.8 Å². The second kappa shape index (κ2) is 12.7. The number of aromatic nitrogens is 6. The van der Waals surface area contributed by atoms with Crippen molar-refractivity contribution in [3.05, 3.63) is 17.1 Å². The molecule has 17 nitrogen and oxygen atoms in total. The normalized spacial score (nSPS) is 18.6. The van der Waals surface area contributed by atoms with Gasteiger partial charge in [0.05, 0.1) is 0 Å². The van der Waals surface area contributed by atoms with Gasteiger partial charge in [0.2, 0.25) is 23.3 Å². The molecule has 20 heteroatoms. The van der Waals surface area contributed by atoms with Gasteiger partial charge in [-0.05, 0) is 36.8 Å². The first-order valence-electron chi connectivity index (χ1n) is 11.9. The van der Waals surface area contributed by atoms with Crippen LogP contribution in [0.3, 0.4) is 0 Å². The highest BCUT2D eigenvalue weighted by molar-refractivity contribution is 8.01. The summed E-state index contributed by atoms with van der Waals surface area (Å²) >= 11 is 3.25. The van der Waals surface area contributed by atoms with Gasteiger partial charge in [-0.25, -0.2) is 14.3 Å². The van der Waals surface area contributed by atoms with Crippen LogP contribution in [-0.4, -0.2) is 104 Å². The Hall–Kier alpha value is -4.22. The number of nitrogens with one attached hydrogen (secondary N) is 1. The van der Waals surface area contributed by atoms with Crippen molar-refractivity contribution < 1.29 is 33.9 Å². The molecule has 1 saturated heterocycles. The number of β-lactam (4-membered cyclic amide) rings is 1. The number of carbonyl (C=O) groups is 4. The number of terminal acetylenes is 1. The zero-order chi connectivity index (χ0) is 30.6. The number of fused-ring (bicyclic) bond motifs is 1. The minimum atomic E-state index is -1.29. The predicted octanol–water partition coefficient (Wildman–Crippen LogP) is -0.667. The third-order valence-electron chi connectivity index (χ3n) is 5.28. The Kier molecular flexibility index (Phi) is 9.33. The quantitative estimate of drug-likeness (QED) is 0.0694. The number of carboxylic acid groups (broad SMARTS) is 1. The van der Waals surface area contributed by atoms with Crippen LogP contribution in [0.15, 0.2) is 21.6 Å². The van der Waals surface area contributed by atoms with Crippen LogP contribution in [0.1, 0.15) is 26.6 Å². The number of esters is 1. The van der Waals surface area contributed by atoms with Crippen LogP contribution in [0.25, 0.3) is 0 Å². The van der Waals surface area contributed by atoms with Gasteiger partial charge in [0.25, 0.3) is 11.8 Å². The molecule has 0 saturated carbocycles. The number of carboxylic acids is 1. The topological polar surface area (TPSA) is 230 Å². The Balaban J connectivity index is 1.46. The molecule has 4 heterocycles. The van der Waals surface area contributed by atoms with E-state index in [1.54, 1.807) is 20.8 Å². The maximum Gasteiger partial charge on any atom is 0.352 e. The fourth-order valence-corrected chi connectivity index (χ4v) is 6.47. The Bertz CT molecular complexity index is 1510. The van der Waals surface area contributed by atoms with E-state index in [1.807, 2.05) is 0 Å². The summed E-state index contributed by atoms with van der Waals surface area (Å²) in [5, 5.41) is 27.2. The van der Waals surface area contributed by atoms with Crippen LogP contribution in [0.4, 0.5) is 5.13 Å². The molecule has 4 rings (SSSR count). The summed E-state index contributed by atoms with van der Waals surface area (Å²) in [5.41, 5.74) is 4.74. The third-order valence-corrected chi connectivity index (χ3v) is 8.20. The van der Waals surface area contributed by atoms with Crippen LogP contribution in [0, 0.1) is 12.3 Å². The molecule has 222 valence electrons. The van der Waals surface area contributed by atoms with E-state index in [9.17, 15) is 24.3 Å². The standard InChI is InChI=1S/C22H24N10O7S3/c1-5-6-31-21(26-29-30-31)41-9-10-8-40-18-13(17(35)32(18)14(10)19(36)37)24-16(34)12(15-25-20(23)42-28-15)27-38-7-11(33)39-22(2,3)4/h1,13,18H,6-9H2,2-4H3,(H,24,34)(H,36,37)(H2,23,25,28)/t13?,18-/m0/s1. The van der Waals surface area contributed by atoms with E-state index < -0.39 is 53.1 Å². The average Bonchev–Trinajstić information content (AvgIpc) is 3.55. The lowest BCUT2D eigenvalue weighted by atomic mass is 10.0. The molecular weight excluding hydrogens is 613 g/mol. The average molecular weight is 637 g/mol. The first-order valence-corrected chi connectivity index (χ1v) is 14.7. The van der Waals surface area contributed by atoms with Gasteiger partial charge < -0.3 is 25.7 Å². The van der Waals surface area contributed by atoms with E-state index in [0.29, 0.717) is 10.7 Å². The predicted molar refractivity (Wildman–Crippen MR) is 150 cm³/mol. The first-order chi connectivity index (χ1) is 19.9. The number of tetrazole rings is 1. The molecule has 2 aliphatic rings. The van der Waals surface area contributed by atoms with Gasteiger partial charge in [0.15, 0.2) is 5.13 Å². The molecule has 42 heavy (non-hydrogen) atoms. The number of carbonyl (C=O) groups excluding carboxylic acids is 3. The monoisotopic (exact) mass is 636 g/mol. The Morgan fingerprint density at radius 3 is 2.76 bits per heavy atom. The molecule has 1 unspecified atom stereocenters. The summed E-state index contributed by atoms with van der Waals surface area (Å²) in [6.45, 7) is 4.56. The van der Waals surface area contributed by atoms with Crippen molar-refractivity contribution in [2.75, 3.05) is 23.8 Å². The molecule has 0 spiro atoms. The lowest BCUT2D eigenvalue weighted by Crippen LogP contribution is -2.71. The van der Waals surface area contributed by atoms with Crippen LogP contribution in [0.5, 0.6) is 0 Å². The minimum Gasteiger partial charge on any atom is -0.477 e. The number of ether oxygens (including phenoxy) is 1. The van der Waals surface area contributed by atoms with Gasteiger partial charge in [-0.2, -0.15) is 9.36 Å². The Morgan fingerprint density at radius 1 is 1.36 bits per heavy atom. The van der Waals surface area contributed by atoms with E-state index in [1.165, 1.54) is 28.2 Å². The molecule has 0 radical (unpaired) electrons. The van der Waals surface area contributed by atoms with Crippen LogP contribution >= 0.6 is 35.1 Å². The maximum absolute atomic E-state index is 13.2. The van der Waals surface area contributed by atoms with Gasteiger partial charge in [0.1, 0.15) is 29.3 Å². The van der Waals surface area contributed by atoms with E-state index in [0.717, 1.165) is 16.4 Å². The highest BCUT2D eigenvalue weighted by Gasteiger charge is 2.54. The number of nitrogens with zero attached hydrogens (tertiary/aromatic N) is 8. The Morgan fingerprint density at radius 2 is 2.12 bits per heavy atom. The second-order valence-electron chi connectivity index (χ2n) is 9.49. The number of nitrogen functional groups attached to an aromatic ring is 1. The van der Waals surface area contributed by atoms with Crippen molar-refractivity contribution in [2.24, 2.45) is 5.16 Å². The summed E-state index contributed by atoms with van der Waals surface area (Å²) in [7, 11) is 0. The van der Waals surface area contributed by atoms with Crippen LogP contribution < -0.4 is 11.1 Å². The van der Waals surface area contributed by atoms with Gasteiger partial charge >= 0.3 is 11.9 Å². The van der Waals surface area contributed by atoms with E-state index in [2.05, 4.69) is 41.3 Å². The van der Waals surface area contributed by atoms with Crippen molar-refractivity contribution in [1.29, 1.82) is 0 Å². The SMILES string of the molecule is C#CCn1nnnc1SCC1=C(C(=O)O)N2C(=O)C(NC(=O)C(=NOCC(=O)OC(C)(C)C)c3nsc(N)n3)[C@@H]2SC1. The third kappa shape index (κ3) is 6.97. The number of rotatable bonds is 11. The number of amides is 2. The molecule has 2 aromatic heterocycles. The zero-order valence-corrected chi connectivity index (χ0v) is 24.8. The number of oxime groups is 1. The smallest absolute Gasteiger partial charge is 0.352 e. The number of hydrogen-bond acceptors (Lipinski definition) is 16. The summed E-state index contributed by atoms with van der Waals surface area (Å²) in [4.78, 5) is 60.5. The van der Waals surface area contributed by atoms with Gasteiger partial charge in [-0.15, -0.1) is 23.3 Å². The fraction of sp³-hybridized carbons (Fsp3) is 0.455. The minimum absolute atomic E-state index is 0.0429.